The van der Waals surface area contributed by atoms with Gasteiger partial charge in [-0.25, -0.2) is 4.39 Å². The van der Waals surface area contributed by atoms with E-state index >= 15 is 0 Å². The molecule has 0 aromatic heterocycles. The Morgan fingerprint density at radius 3 is 2.54 bits per heavy atom. The third-order valence-corrected chi connectivity index (χ3v) is 2.35. The summed E-state index contributed by atoms with van der Waals surface area (Å²) in [7, 11) is 0. The predicted molar refractivity (Wildman–Crippen MR) is 57.7 cm³/mol. The van der Waals surface area contributed by atoms with Crippen LogP contribution >= 0.6 is 15.9 Å². The van der Waals surface area contributed by atoms with Gasteiger partial charge in [0, 0.05) is 12.8 Å². The minimum atomic E-state index is -1.35. The Morgan fingerprint density at radius 1 is 1.38 bits per heavy atom. The first kappa shape index (κ1) is 10.5. The summed E-state index contributed by atoms with van der Waals surface area (Å²) >= 11 is 3.04. The van der Waals surface area contributed by atoms with Crippen LogP contribution < -0.4 is 0 Å². The van der Waals surface area contributed by atoms with Crippen molar-refractivity contribution >= 4 is 15.9 Å². The lowest BCUT2D eigenvalue weighted by atomic mass is 10.1. The van der Waals surface area contributed by atoms with Crippen LogP contribution in [0.1, 0.15) is 12.0 Å². The van der Waals surface area contributed by atoms with Crippen LogP contribution in [0.4, 0.5) is 4.39 Å². The Morgan fingerprint density at radius 2 is 2.00 bits per heavy atom. The smallest absolute Gasteiger partial charge is 0.172 e. The van der Waals surface area contributed by atoms with Gasteiger partial charge in [-0.1, -0.05) is 36.4 Å². The number of rotatable bonds is 4. The molecule has 0 amide bonds. The van der Waals surface area contributed by atoms with Crippen LogP contribution in [0.5, 0.6) is 0 Å². The number of hydrogen-bond donors (Lipinski definition) is 0. The molecule has 0 spiro atoms. The minimum Gasteiger partial charge on any atom is -0.231 e. The normalized spacial score (nSPS) is 14.9. The molecular formula is C11H12BrF. The van der Waals surface area contributed by atoms with Gasteiger partial charge in [-0.2, -0.15) is 0 Å². The first-order valence-electron chi connectivity index (χ1n) is 4.17. The zero-order valence-electron chi connectivity index (χ0n) is 7.34. The molecule has 0 bridgehead atoms. The second-order valence-corrected chi connectivity index (χ2v) is 4.43. The average molecular weight is 243 g/mol. The lowest BCUT2D eigenvalue weighted by Crippen LogP contribution is -2.15. The summed E-state index contributed by atoms with van der Waals surface area (Å²) in [5.74, 6) is 0. The monoisotopic (exact) mass is 242 g/mol. The molecule has 2 heteroatoms. The molecule has 13 heavy (non-hydrogen) atoms. The molecule has 1 aromatic carbocycles. The van der Waals surface area contributed by atoms with Crippen LogP contribution in [0.2, 0.25) is 0 Å². The van der Waals surface area contributed by atoms with Gasteiger partial charge in [0.15, 0.2) is 4.58 Å². The zero-order chi connectivity index (χ0) is 9.73. The highest BCUT2D eigenvalue weighted by molar-refractivity contribution is 9.10. The Kier molecular flexibility index (Phi) is 3.67. The van der Waals surface area contributed by atoms with Gasteiger partial charge in [-0.3, -0.25) is 0 Å². The standard InChI is InChI=1S/C11H12BrF/c1-2-8-11(12,13)9-10-6-4-3-5-7-10/h2-7H,1,8-9H2. The largest absolute Gasteiger partial charge is 0.231 e. The van der Waals surface area contributed by atoms with Crippen LogP contribution in [0, 0.1) is 0 Å². The summed E-state index contributed by atoms with van der Waals surface area (Å²) in [6.45, 7) is 3.52. The lowest BCUT2D eigenvalue weighted by molar-refractivity contribution is 0.300. The van der Waals surface area contributed by atoms with E-state index in [1.807, 2.05) is 30.3 Å². The topological polar surface area (TPSA) is 0 Å². The highest BCUT2D eigenvalue weighted by atomic mass is 79.9. The molecule has 0 N–H and O–H groups in total. The highest BCUT2D eigenvalue weighted by Gasteiger charge is 2.23. The van der Waals surface area contributed by atoms with Crippen molar-refractivity contribution in [3.8, 4) is 0 Å². The van der Waals surface area contributed by atoms with Gasteiger partial charge in [-0.15, -0.1) is 6.58 Å². The molecule has 0 nitrogen and oxygen atoms in total. The van der Waals surface area contributed by atoms with E-state index in [0.29, 0.717) is 12.8 Å². The fourth-order valence-corrected chi connectivity index (χ4v) is 1.73. The van der Waals surface area contributed by atoms with Crippen molar-refractivity contribution in [2.75, 3.05) is 0 Å². The number of benzene rings is 1. The maximum atomic E-state index is 13.6. The zero-order valence-corrected chi connectivity index (χ0v) is 8.93. The van der Waals surface area contributed by atoms with Crippen molar-refractivity contribution in [1.29, 1.82) is 0 Å². The molecule has 1 atom stereocenters. The fraction of sp³-hybridized carbons (Fsp3) is 0.273. The summed E-state index contributed by atoms with van der Waals surface area (Å²) in [6.07, 6.45) is 2.28. The van der Waals surface area contributed by atoms with Crippen molar-refractivity contribution in [2.45, 2.75) is 17.4 Å². The van der Waals surface area contributed by atoms with Crippen LogP contribution in [0.25, 0.3) is 0 Å². The quantitative estimate of drug-likeness (QED) is 0.556. The number of allylic oxidation sites excluding steroid dienone is 1. The molecule has 0 aliphatic heterocycles. The van der Waals surface area contributed by atoms with E-state index in [2.05, 4.69) is 22.5 Å². The van der Waals surface area contributed by atoms with Crippen LogP contribution in [-0.4, -0.2) is 4.58 Å². The van der Waals surface area contributed by atoms with Gasteiger partial charge in [0.05, 0.1) is 0 Å². The molecule has 0 fully saturated rings. The molecule has 0 saturated heterocycles. The summed E-state index contributed by atoms with van der Waals surface area (Å²) in [4.78, 5) is 0. The van der Waals surface area contributed by atoms with Gasteiger partial charge in [0.25, 0.3) is 0 Å². The first-order chi connectivity index (χ1) is 6.14. The Hall–Kier alpha value is -0.630. The van der Waals surface area contributed by atoms with E-state index in [-0.39, 0.29) is 0 Å². The van der Waals surface area contributed by atoms with Gasteiger partial charge in [0.2, 0.25) is 0 Å². The first-order valence-corrected chi connectivity index (χ1v) is 4.96. The molecule has 0 heterocycles. The SMILES string of the molecule is C=CCC(F)(Br)Cc1ccccc1. The van der Waals surface area contributed by atoms with Crippen molar-refractivity contribution in [3.05, 3.63) is 48.6 Å². The average Bonchev–Trinajstić information content (AvgIpc) is 2.04. The maximum absolute atomic E-state index is 13.6. The predicted octanol–water partition coefficient (Wildman–Crippen LogP) is 3.87. The summed E-state index contributed by atoms with van der Waals surface area (Å²) < 4.78 is 12.3. The Labute approximate surface area is 86.6 Å². The van der Waals surface area contributed by atoms with Crippen molar-refractivity contribution in [3.63, 3.8) is 0 Å². The Balaban J connectivity index is 2.63. The van der Waals surface area contributed by atoms with E-state index in [9.17, 15) is 4.39 Å². The van der Waals surface area contributed by atoms with E-state index in [1.54, 1.807) is 6.08 Å². The molecule has 0 aliphatic rings. The fourth-order valence-electron chi connectivity index (χ4n) is 1.18. The maximum Gasteiger partial charge on any atom is 0.172 e. The minimum absolute atomic E-state index is 0.321. The van der Waals surface area contributed by atoms with Gasteiger partial charge >= 0.3 is 0 Å². The third-order valence-electron chi connectivity index (χ3n) is 1.75. The number of halogens is 2. The molecular weight excluding hydrogens is 231 g/mol. The van der Waals surface area contributed by atoms with Crippen molar-refractivity contribution in [1.82, 2.24) is 0 Å². The second-order valence-electron chi connectivity index (χ2n) is 3.01. The van der Waals surface area contributed by atoms with Crippen molar-refractivity contribution < 1.29 is 4.39 Å². The molecule has 1 unspecified atom stereocenters. The van der Waals surface area contributed by atoms with Crippen LogP contribution in [-0.2, 0) is 6.42 Å². The molecule has 0 radical (unpaired) electrons. The van der Waals surface area contributed by atoms with Crippen LogP contribution in [0.15, 0.2) is 43.0 Å². The summed E-state index contributed by atoms with van der Waals surface area (Å²) in [6, 6.07) is 9.57. The molecule has 1 aromatic rings. The number of hydrogen-bond acceptors (Lipinski definition) is 0. The van der Waals surface area contributed by atoms with Gasteiger partial charge in [0.1, 0.15) is 0 Å². The molecule has 70 valence electrons. The van der Waals surface area contributed by atoms with E-state index in [1.165, 1.54) is 0 Å². The van der Waals surface area contributed by atoms with Gasteiger partial charge < -0.3 is 0 Å². The lowest BCUT2D eigenvalue weighted by Gasteiger charge is -2.15. The van der Waals surface area contributed by atoms with E-state index in [0.717, 1.165) is 5.56 Å². The molecule has 1 rings (SSSR count). The summed E-state index contributed by atoms with van der Waals surface area (Å²) in [5, 5.41) is 0. The van der Waals surface area contributed by atoms with Crippen molar-refractivity contribution in [2.24, 2.45) is 0 Å². The van der Waals surface area contributed by atoms with E-state index < -0.39 is 4.58 Å². The second kappa shape index (κ2) is 4.56. The summed E-state index contributed by atoms with van der Waals surface area (Å²) in [5.41, 5.74) is 0.990. The highest BCUT2D eigenvalue weighted by Crippen LogP contribution is 2.29. The Bertz CT molecular complexity index is 267. The van der Waals surface area contributed by atoms with Crippen LogP contribution in [0.3, 0.4) is 0 Å². The van der Waals surface area contributed by atoms with E-state index in [4.69, 9.17) is 0 Å². The third kappa shape index (κ3) is 3.73. The number of alkyl halides is 2. The van der Waals surface area contributed by atoms with Gasteiger partial charge in [-0.05, 0) is 21.5 Å². The molecule has 0 aliphatic carbocycles. The molecule has 0 saturated carbocycles.